The van der Waals surface area contributed by atoms with Crippen LogP contribution in [0.25, 0.3) is 11.3 Å². The zero-order chi connectivity index (χ0) is 9.54. The van der Waals surface area contributed by atoms with Crippen molar-refractivity contribution in [2.75, 3.05) is 0 Å². The number of hydrogen-bond acceptors (Lipinski definition) is 2. The quantitative estimate of drug-likeness (QED) is 0.630. The van der Waals surface area contributed by atoms with E-state index < -0.39 is 0 Å². The standard InChI is InChI=1S/C12H11NO/c1-8-10-7-6-9-4-2-3-5-11(9)12(10)13-14-8/h2-5H,6-7H2,1H3. The van der Waals surface area contributed by atoms with Gasteiger partial charge in [0.1, 0.15) is 11.5 Å². The largest absolute Gasteiger partial charge is 0.361 e. The molecule has 0 aliphatic heterocycles. The molecule has 1 aromatic carbocycles. The normalized spacial score (nSPS) is 13.5. The SMILES string of the molecule is Cc1onc2c1CCc1ccccc1-2. The predicted octanol–water partition coefficient (Wildman–Crippen LogP) is 2.75. The van der Waals surface area contributed by atoms with E-state index in [4.69, 9.17) is 4.52 Å². The fourth-order valence-electron chi connectivity index (χ4n) is 2.13. The Hall–Kier alpha value is -1.57. The number of aryl methyl sites for hydroxylation is 2. The summed E-state index contributed by atoms with van der Waals surface area (Å²) in [6, 6.07) is 8.42. The molecule has 1 aliphatic rings. The van der Waals surface area contributed by atoms with Gasteiger partial charge in [-0.15, -0.1) is 0 Å². The summed E-state index contributed by atoms with van der Waals surface area (Å²) < 4.78 is 5.22. The minimum absolute atomic E-state index is 0.967. The van der Waals surface area contributed by atoms with Crippen LogP contribution in [0.15, 0.2) is 28.8 Å². The summed E-state index contributed by atoms with van der Waals surface area (Å²) >= 11 is 0. The molecule has 0 saturated carbocycles. The molecule has 1 heterocycles. The summed E-state index contributed by atoms with van der Waals surface area (Å²) in [6.45, 7) is 1.99. The van der Waals surface area contributed by atoms with E-state index in [0.29, 0.717) is 0 Å². The third kappa shape index (κ3) is 0.939. The van der Waals surface area contributed by atoms with E-state index in [1.807, 2.05) is 6.92 Å². The number of fused-ring (bicyclic) bond motifs is 3. The van der Waals surface area contributed by atoms with Crippen molar-refractivity contribution in [3.63, 3.8) is 0 Å². The van der Waals surface area contributed by atoms with E-state index in [9.17, 15) is 0 Å². The molecule has 70 valence electrons. The van der Waals surface area contributed by atoms with E-state index >= 15 is 0 Å². The number of rotatable bonds is 0. The molecule has 3 rings (SSSR count). The first-order valence-corrected chi connectivity index (χ1v) is 4.89. The van der Waals surface area contributed by atoms with Crippen LogP contribution in [-0.2, 0) is 12.8 Å². The first-order chi connectivity index (χ1) is 6.86. The number of nitrogens with zero attached hydrogens (tertiary/aromatic N) is 1. The molecule has 14 heavy (non-hydrogen) atoms. The maximum absolute atomic E-state index is 5.22. The summed E-state index contributed by atoms with van der Waals surface area (Å²) in [5.74, 6) is 0.967. The minimum Gasteiger partial charge on any atom is -0.361 e. The van der Waals surface area contributed by atoms with E-state index in [1.54, 1.807) is 0 Å². The molecule has 0 bridgehead atoms. The molecule has 0 fully saturated rings. The van der Waals surface area contributed by atoms with Crippen LogP contribution >= 0.6 is 0 Å². The molecule has 1 aliphatic carbocycles. The van der Waals surface area contributed by atoms with Gasteiger partial charge in [0, 0.05) is 11.1 Å². The molecule has 0 N–H and O–H groups in total. The van der Waals surface area contributed by atoms with Crippen molar-refractivity contribution in [1.29, 1.82) is 0 Å². The second-order valence-electron chi connectivity index (χ2n) is 3.72. The van der Waals surface area contributed by atoms with Crippen molar-refractivity contribution >= 4 is 0 Å². The van der Waals surface area contributed by atoms with Crippen LogP contribution in [0.2, 0.25) is 0 Å². The van der Waals surface area contributed by atoms with Crippen LogP contribution in [0.5, 0.6) is 0 Å². The second kappa shape index (κ2) is 2.71. The molecule has 2 heteroatoms. The molecule has 2 nitrogen and oxygen atoms in total. The van der Waals surface area contributed by atoms with Crippen molar-refractivity contribution in [3.05, 3.63) is 41.2 Å². The average molecular weight is 185 g/mol. The summed E-state index contributed by atoms with van der Waals surface area (Å²) in [5, 5.41) is 4.12. The van der Waals surface area contributed by atoms with Crippen LogP contribution in [0.1, 0.15) is 16.9 Å². The third-order valence-electron chi connectivity index (χ3n) is 2.90. The second-order valence-corrected chi connectivity index (χ2v) is 3.72. The third-order valence-corrected chi connectivity index (χ3v) is 2.90. The molecule has 0 atom stereocenters. The van der Waals surface area contributed by atoms with Gasteiger partial charge in [-0.1, -0.05) is 29.4 Å². The molecular formula is C12H11NO. The van der Waals surface area contributed by atoms with Crippen LogP contribution < -0.4 is 0 Å². The van der Waals surface area contributed by atoms with Gasteiger partial charge in [0.15, 0.2) is 0 Å². The number of hydrogen-bond donors (Lipinski definition) is 0. The maximum atomic E-state index is 5.22. The molecule has 1 aromatic heterocycles. The average Bonchev–Trinajstić information content (AvgIpc) is 2.61. The maximum Gasteiger partial charge on any atom is 0.137 e. The molecule has 0 amide bonds. The Morgan fingerprint density at radius 2 is 2.07 bits per heavy atom. The van der Waals surface area contributed by atoms with E-state index in [2.05, 4.69) is 29.4 Å². The first kappa shape index (κ1) is 7.80. The Kier molecular flexibility index (Phi) is 1.51. The highest BCUT2D eigenvalue weighted by molar-refractivity contribution is 5.69. The lowest BCUT2D eigenvalue weighted by atomic mass is 9.89. The summed E-state index contributed by atoms with van der Waals surface area (Å²) in [5.41, 5.74) is 4.95. The van der Waals surface area contributed by atoms with Crippen LogP contribution in [0.3, 0.4) is 0 Å². The molecule has 2 aromatic rings. The molecule has 0 saturated heterocycles. The molecular weight excluding hydrogens is 174 g/mol. The van der Waals surface area contributed by atoms with Gasteiger partial charge in [-0.2, -0.15) is 0 Å². The zero-order valence-corrected chi connectivity index (χ0v) is 8.08. The van der Waals surface area contributed by atoms with Crippen molar-refractivity contribution < 1.29 is 4.52 Å². The monoisotopic (exact) mass is 185 g/mol. The lowest BCUT2D eigenvalue weighted by Gasteiger charge is -2.13. The Bertz CT molecular complexity index is 485. The lowest BCUT2D eigenvalue weighted by Crippen LogP contribution is -2.02. The predicted molar refractivity (Wildman–Crippen MR) is 54.1 cm³/mol. The van der Waals surface area contributed by atoms with Gasteiger partial charge >= 0.3 is 0 Å². The first-order valence-electron chi connectivity index (χ1n) is 4.89. The molecule has 0 spiro atoms. The highest BCUT2D eigenvalue weighted by Crippen LogP contribution is 2.33. The Balaban J connectivity index is 2.29. The minimum atomic E-state index is 0.967. The van der Waals surface area contributed by atoms with Crippen molar-refractivity contribution in [1.82, 2.24) is 5.16 Å². The van der Waals surface area contributed by atoms with Crippen molar-refractivity contribution in [2.45, 2.75) is 19.8 Å². The Labute approximate surface area is 82.5 Å². The highest BCUT2D eigenvalue weighted by Gasteiger charge is 2.21. The smallest absolute Gasteiger partial charge is 0.137 e. The fraction of sp³-hybridized carbons (Fsp3) is 0.250. The van der Waals surface area contributed by atoms with Gasteiger partial charge in [-0.05, 0) is 25.3 Å². The van der Waals surface area contributed by atoms with Crippen molar-refractivity contribution in [2.24, 2.45) is 0 Å². The Morgan fingerprint density at radius 3 is 3.00 bits per heavy atom. The van der Waals surface area contributed by atoms with Gasteiger partial charge in [0.25, 0.3) is 0 Å². The summed E-state index contributed by atoms with van der Waals surface area (Å²) in [6.07, 6.45) is 2.16. The van der Waals surface area contributed by atoms with Crippen LogP contribution in [-0.4, -0.2) is 5.16 Å². The molecule has 0 unspecified atom stereocenters. The van der Waals surface area contributed by atoms with Gasteiger partial charge in [0.2, 0.25) is 0 Å². The van der Waals surface area contributed by atoms with E-state index in [-0.39, 0.29) is 0 Å². The van der Waals surface area contributed by atoms with Crippen molar-refractivity contribution in [3.8, 4) is 11.3 Å². The van der Waals surface area contributed by atoms with Crippen LogP contribution in [0.4, 0.5) is 0 Å². The summed E-state index contributed by atoms with van der Waals surface area (Å²) in [4.78, 5) is 0. The Morgan fingerprint density at radius 1 is 1.21 bits per heavy atom. The van der Waals surface area contributed by atoms with Gasteiger partial charge in [-0.25, -0.2) is 0 Å². The molecule has 0 radical (unpaired) electrons. The van der Waals surface area contributed by atoms with E-state index in [0.717, 1.165) is 24.3 Å². The van der Waals surface area contributed by atoms with Crippen LogP contribution in [0, 0.1) is 6.92 Å². The van der Waals surface area contributed by atoms with E-state index in [1.165, 1.54) is 16.7 Å². The lowest BCUT2D eigenvalue weighted by molar-refractivity contribution is 0.398. The summed E-state index contributed by atoms with van der Waals surface area (Å²) in [7, 11) is 0. The zero-order valence-electron chi connectivity index (χ0n) is 8.08. The highest BCUT2D eigenvalue weighted by atomic mass is 16.5. The number of benzene rings is 1. The van der Waals surface area contributed by atoms with Gasteiger partial charge in [-0.3, -0.25) is 0 Å². The van der Waals surface area contributed by atoms with Gasteiger partial charge in [0.05, 0.1) is 0 Å². The topological polar surface area (TPSA) is 26.0 Å². The fourth-order valence-corrected chi connectivity index (χ4v) is 2.13. The van der Waals surface area contributed by atoms with Gasteiger partial charge < -0.3 is 4.52 Å². The number of aromatic nitrogens is 1.